The fraction of sp³-hybridized carbons (Fsp3) is 0.600. The summed E-state index contributed by atoms with van der Waals surface area (Å²) in [6.45, 7) is 8.00. The van der Waals surface area contributed by atoms with E-state index in [4.69, 9.17) is 0 Å². The minimum atomic E-state index is -0.0155. The highest BCUT2D eigenvalue weighted by atomic mass is 16.1. The van der Waals surface area contributed by atoms with Gasteiger partial charge in [0.25, 0.3) is 0 Å². The average Bonchev–Trinajstić information content (AvgIpc) is 2.45. The van der Waals surface area contributed by atoms with E-state index in [0.717, 1.165) is 11.3 Å². The molecular weight excluding hydrogens is 178 g/mol. The Kier molecular flexibility index (Phi) is 5.60. The molecule has 0 aliphatic carbocycles. The summed E-state index contributed by atoms with van der Waals surface area (Å²) in [6.07, 6.45) is 1.91. The molecule has 0 unspecified atom stereocenters. The number of rotatable bonds is 2. The summed E-state index contributed by atoms with van der Waals surface area (Å²) in [6, 6.07) is 0. The maximum absolute atomic E-state index is 10.6. The molecule has 0 spiro atoms. The Labute approximate surface area is 85.3 Å². The largest absolute Gasteiger partial charge is 0.352 e. The summed E-state index contributed by atoms with van der Waals surface area (Å²) in [5.74, 6) is -0.0155. The van der Waals surface area contributed by atoms with Crippen LogP contribution < -0.4 is 5.32 Å². The van der Waals surface area contributed by atoms with E-state index in [0.29, 0.717) is 6.54 Å². The van der Waals surface area contributed by atoms with Crippen LogP contribution in [0.4, 0.5) is 0 Å². The zero-order valence-electron chi connectivity index (χ0n) is 9.59. The Morgan fingerprint density at radius 3 is 2.50 bits per heavy atom. The molecule has 14 heavy (non-hydrogen) atoms. The number of aryl methyl sites for hydroxylation is 2. The first-order valence-corrected chi connectivity index (χ1v) is 4.83. The van der Waals surface area contributed by atoms with Crippen molar-refractivity contribution in [2.45, 2.75) is 34.2 Å². The summed E-state index contributed by atoms with van der Waals surface area (Å²) in [5.41, 5.74) is 2.03. The topological polar surface area (TPSA) is 46.9 Å². The van der Waals surface area contributed by atoms with E-state index in [1.54, 1.807) is 4.68 Å². The van der Waals surface area contributed by atoms with E-state index < -0.39 is 0 Å². The first-order valence-electron chi connectivity index (χ1n) is 4.83. The second kappa shape index (κ2) is 6.18. The van der Waals surface area contributed by atoms with Gasteiger partial charge in [0.05, 0.1) is 5.69 Å². The molecule has 4 heteroatoms. The maximum Gasteiger partial charge on any atom is 0.217 e. The highest BCUT2D eigenvalue weighted by Gasteiger charge is 2.02. The molecule has 0 saturated heterocycles. The lowest BCUT2D eigenvalue weighted by Crippen LogP contribution is -2.18. The summed E-state index contributed by atoms with van der Waals surface area (Å²) >= 11 is 0. The lowest BCUT2D eigenvalue weighted by atomic mass is 10.2. The first kappa shape index (κ1) is 12.7. The molecule has 0 aliphatic rings. The molecular formula is C10H19N3O. The molecule has 0 radical (unpaired) electrons. The van der Waals surface area contributed by atoms with Gasteiger partial charge in [0.15, 0.2) is 0 Å². The molecule has 0 fully saturated rings. The molecule has 80 valence electrons. The lowest BCUT2D eigenvalue weighted by Gasteiger charge is -1.98. The lowest BCUT2D eigenvalue weighted by molar-refractivity contribution is -0.119. The van der Waals surface area contributed by atoms with Gasteiger partial charge < -0.3 is 5.32 Å². The second-order valence-electron chi connectivity index (χ2n) is 2.82. The van der Waals surface area contributed by atoms with Crippen molar-refractivity contribution in [1.29, 1.82) is 0 Å². The predicted molar refractivity (Wildman–Crippen MR) is 56.8 cm³/mol. The van der Waals surface area contributed by atoms with Crippen molar-refractivity contribution in [3.05, 3.63) is 17.5 Å². The van der Waals surface area contributed by atoms with Gasteiger partial charge >= 0.3 is 0 Å². The molecule has 0 bridgehead atoms. The number of nitrogens with one attached hydrogen (secondary N) is 1. The van der Waals surface area contributed by atoms with E-state index in [-0.39, 0.29) is 5.91 Å². The fourth-order valence-corrected chi connectivity index (χ4v) is 1.04. The van der Waals surface area contributed by atoms with Crippen LogP contribution in [-0.2, 0) is 18.4 Å². The Hall–Kier alpha value is -1.32. The summed E-state index contributed by atoms with van der Waals surface area (Å²) in [7, 11) is 1.87. The van der Waals surface area contributed by atoms with Crippen LogP contribution in [0.25, 0.3) is 0 Å². The Morgan fingerprint density at radius 2 is 2.14 bits per heavy atom. The number of hydrogen-bond acceptors (Lipinski definition) is 2. The number of carbonyl (C=O) groups is 1. The van der Waals surface area contributed by atoms with Crippen molar-refractivity contribution >= 4 is 5.91 Å². The van der Waals surface area contributed by atoms with Crippen molar-refractivity contribution in [2.75, 3.05) is 0 Å². The SMILES string of the molecule is CC.CC(=O)NCc1cn(C)nc1C. The van der Waals surface area contributed by atoms with Crippen LogP contribution in [0.2, 0.25) is 0 Å². The number of hydrogen-bond donors (Lipinski definition) is 1. The Bertz CT molecular complexity index is 292. The third-order valence-electron chi connectivity index (χ3n) is 1.64. The van der Waals surface area contributed by atoms with E-state index >= 15 is 0 Å². The fourth-order valence-electron chi connectivity index (χ4n) is 1.04. The quantitative estimate of drug-likeness (QED) is 0.778. The smallest absolute Gasteiger partial charge is 0.217 e. The zero-order chi connectivity index (χ0) is 11.1. The normalized spacial score (nSPS) is 8.93. The zero-order valence-corrected chi connectivity index (χ0v) is 9.59. The van der Waals surface area contributed by atoms with Crippen LogP contribution >= 0.6 is 0 Å². The Morgan fingerprint density at radius 1 is 1.57 bits per heavy atom. The van der Waals surface area contributed by atoms with Gasteiger partial charge in [-0.05, 0) is 6.92 Å². The van der Waals surface area contributed by atoms with Gasteiger partial charge in [-0.25, -0.2) is 0 Å². The van der Waals surface area contributed by atoms with E-state index in [1.165, 1.54) is 6.92 Å². The summed E-state index contributed by atoms with van der Waals surface area (Å²) in [5, 5.41) is 6.88. The molecule has 1 aromatic rings. The molecule has 4 nitrogen and oxygen atoms in total. The van der Waals surface area contributed by atoms with Crippen LogP contribution in [0.15, 0.2) is 6.20 Å². The number of amides is 1. The number of carbonyl (C=O) groups excluding carboxylic acids is 1. The van der Waals surface area contributed by atoms with Crippen LogP contribution in [0.1, 0.15) is 32.0 Å². The van der Waals surface area contributed by atoms with Crippen molar-refractivity contribution in [2.24, 2.45) is 7.05 Å². The van der Waals surface area contributed by atoms with Gasteiger partial charge in [0, 0.05) is 32.3 Å². The third kappa shape index (κ3) is 4.07. The molecule has 0 aliphatic heterocycles. The molecule has 1 rings (SSSR count). The molecule has 0 aromatic carbocycles. The average molecular weight is 197 g/mol. The number of aromatic nitrogens is 2. The van der Waals surface area contributed by atoms with Crippen LogP contribution in [0.5, 0.6) is 0 Å². The minimum absolute atomic E-state index is 0.0155. The molecule has 1 amide bonds. The van der Waals surface area contributed by atoms with Gasteiger partial charge in [-0.1, -0.05) is 13.8 Å². The van der Waals surface area contributed by atoms with Gasteiger partial charge in [-0.2, -0.15) is 5.10 Å². The Balaban J connectivity index is 0.000000791. The van der Waals surface area contributed by atoms with Crippen molar-refractivity contribution in [3.8, 4) is 0 Å². The van der Waals surface area contributed by atoms with Gasteiger partial charge in [0.1, 0.15) is 0 Å². The molecule has 0 atom stereocenters. The van der Waals surface area contributed by atoms with Crippen molar-refractivity contribution < 1.29 is 4.79 Å². The van der Waals surface area contributed by atoms with E-state index in [9.17, 15) is 4.79 Å². The first-order chi connectivity index (χ1) is 6.59. The highest BCUT2D eigenvalue weighted by Crippen LogP contribution is 2.03. The van der Waals surface area contributed by atoms with Crippen molar-refractivity contribution in [3.63, 3.8) is 0 Å². The van der Waals surface area contributed by atoms with Crippen LogP contribution in [0.3, 0.4) is 0 Å². The molecule has 1 aromatic heterocycles. The van der Waals surface area contributed by atoms with Crippen molar-refractivity contribution in [1.82, 2.24) is 15.1 Å². The predicted octanol–water partition coefficient (Wildman–Crippen LogP) is 1.39. The summed E-state index contributed by atoms with van der Waals surface area (Å²) < 4.78 is 1.74. The van der Waals surface area contributed by atoms with Gasteiger partial charge in [-0.15, -0.1) is 0 Å². The van der Waals surface area contributed by atoms with Gasteiger partial charge in [0.2, 0.25) is 5.91 Å². The second-order valence-corrected chi connectivity index (χ2v) is 2.82. The monoisotopic (exact) mass is 197 g/mol. The minimum Gasteiger partial charge on any atom is -0.352 e. The third-order valence-corrected chi connectivity index (χ3v) is 1.64. The molecule has 1 heterocycles. The highest BCUT2D eigenvalue weighted by molar-refractivity contribution is 5.72. The van der Waals surface area contributed by atoms with Gasteiger partial charge in [-0.3, -0.25) is 9.48 Å². The van der Waals surface area contributed by atoms with E-state index in [1.807, 2.05) is 34.0 Å². The molecule has 0 saturated carbocycles. The number of nitrogens with zero attached hydrogens (tertiary/aromatic N) is 2. The van der Waals surface area contributed by atoms with Crippen LogP contribution in [0, 0.1) is 6.92 Å². The molecule has 1 N–H and O–H groups in total. The van der Waals surface area contributed by atoms with E-state index in [2.05, 4.69) is 10.4 Å². The maximum atomic E-state index is 10.6. The standard InChI is InChI=1S/C8H13N3O.C2H6/c1-6-8(4-9-7(2)12)5-11(3)10-6;1-2/h5H,4H2,1-3H3,(H,9,12);1-2H3. The summed E-state index contributed by atoms with van der Waals surface area (Å²) in [4.78, 5) is 10.6. The van der Waals surface area contributed by atoms with Crippen LogP contribution in [-0.4, -0.2) is 15.7 Å².